The zero-order chi connectivity index (χ0) is 17.5. The topological polar surface area (TPSA) is 36.7 Å². The normalized spacial score (nSPS) is 26.8. The zero-order valence-corrected chi connectivity index (χ0v) is 15.5. The van der Waals surface area contributed by atoms with Gasteiger partial charge in [-0.15, -0.1) is 0 Å². The maximum atomic E-state index is 12.5. The predicted molar refractivity (Wildman–Crippen MR) is 103 cm³/mol. The van der Waals surface area contributed by atoms with Crippen molar-refractivity contribution in [3.05, 3.63) is 45.8 Å². The van der Waals surface area contributed by atoms with Gasteiger partial charge in [-0.1, -0.05) is 18.2 Å². The molecule has 3 fully saturated rings. The van der Waals surface area contributed by atoms with E-state index in [4.69, 9.17) is 4.42 Å². The second kappa shape index (κ2) is 6.82. The van der Waals surface area contributed by atoms with E-state index in [-0.39, 0.29) is 5.63 Å². The fourth-order valence-electron chi connectivity index (χ4n) is 5.33. The molecule has 6 rings (SSSR count). The van der Waals surface area contributed by atoms with Crippen LogP contribution in [0.5, 0.6) is 0 Å². The summed E-state index contributed by atoms with van der Waals surface area (Å²) in [7, 11) is 0. The quantitative estimate of drug-likeness (QED) is 0.795. The van der Waals surface area contributed by atoms with Crippen molar-refractivity contribution >= 4 is 11.0 Å². The molecule has 4 heterocycles. The number of para-hydroxylation sites is 1. The molecule has 1 aromatic heterocycles. The molecule has 4 heteroatoms. The van der Waals surface area contributed by atoms with Crippen LogP contribution in [-0.2, 0) is 13.0 Å². The summed E-state index contributed by atoms with van der Waals surface area (Å²) < 4.78 is 5.56. The van der Waals surface area contributed by atoms with Crippen LogP contribution in [0.2, 0.25) is 0 Å². The molecule has 0 N–H and O–H groups in total. The van der Waals surface area contributed by atoms with Crippen molar-refractivity contribution in [2.75, 3.05) is 32.7 Å². The third-order valence-electron chi connectivity index (χ3n) is 6.82. The van der Waals surface area contributed by atoms with Gasteiger partial charge < -0.3 is 9.32 Å². The van der Waals surface area contributed by atoms with Crippen molar-refractivity contribution in [2.24, 2.45) is 11.8 Å². The van der Waals surface area contributed by atoms with Crippen molar-refractivity contribution in [1.82, 2.24) is 9.80 Å². The molecule has 0 unspecified atom stereocenters. The number of rotatable bonds is 3. The van der Waals surface area contributed by atoms with Gasteiger partial charge in [-0.3, -0.25) is 4.90 Å². The van der Waals surface area contributed by atoms with Crippen molar-refractivity contribution in [3.8, 4) is 0 Å². The molecule has 2 saturated heterocycles. The Morgan fingerprint density at radius 1 is 0.923 bits per heavy atom. The van der Waals surface area contributed by atoms with E-state index in [0.717, 1.165) is 61.0 Å². The Kier molecular flexibility index (Phi) is 4.33. The van der Waals surface area contributed by atoms with Gasteiger partial charge in [-0.2, -0.15) is 0 Å². The molecule has 0 spiro atoms. The summed E-state index contributed by atoms with van der Waals surface area (Å²) in [6.07, 6.45) is 6.70. The number of benzene rings is 1. The van der Waals surface area contributed by atoms with Crippen LogP contribution < -0.4 is 5.63 Å². The van der Waals surface area contributed by atoms with Gasteiger partial charge in [0.25, 0.3) is 0 Å². The Balaban J connectivity index is 1.29. The first kappa shape index (κ1) is 16.5. The average molecular weight is 352 g/mol. The summed E-state index contributed by atoms with van der Waals surface area (Å²) in [5, 5.41) is 1.12. The molecule has 0 atom stereocenters. The summed E-state index contributed by atoms with van der Waals surface area (Å²) in [6.45, 7) is 6.55. The minimum Gasteiger partial charge on any atom is -0.422 e. The van der Waals surface area contributed by atoms with Crippen LogP contribution in [0.3, 0.4) is 0 Å². The fourth-order valence-corrected chi connectivity index (χ4v) is 5.33. The molecule has 1 aliphatic carbocycles. The standard InChI is InChI=1S/C22H28N2O2/c25-22-20-15-23(10-9-18(20)19-3-1-2-4-21(19)26-22)11-12-24-13-16-5-6-17(14-24)8-7-16/h1-4,16-17H,5-15H2. The first-order valence-corrected chi connectivity index (χ1v) is 10.2. The minimum atomic E-state index is -0.142. The van der Waals surface area contributed by atoms with Gasteiger partial charge in [0.2, 0.25) is 0 Å². The van der Waals surface area contributed by atoms with E-state index in [1.807, 2.05) is 18.2 Å². The molecule has 26 heavy (non-hydrogen) atoms. The van der Waals surface area contributed by atoms with E-state index in [2.05, 4.69) is 15.9 Å². The lowest BCUT2D eigenvalue weighted by molar-refractivity contribution is 0.182. The van der Waals surface area contributed by atoms with Crippen LogP contribution in [0.25, 0.3) is 11.0 Å². The maximum absolute atomic E-state index is 12.5. The third kappa shape index (κ3) is 3.10. The summed E-state index contributed by atoms with van der Waals surface area (Å²) in [5.41, 5.74) is 2.67. The van der Waals surface area contributed by atoms with Crippen LogP contribution >= 0.6 is 0 Å². The van der Waals surface area contributed by atoms with Crippen molar-refractivity contribution in [3.63, 3.8) is 0 Å². The summed E-state index contributed by atoms with van der Waals surface area (Å²) in [6, 6.07) is 7.94. The van der Waals surface area contributed by atoms with Gasteiger partial charge in [0.15, 0.2) is 0 Å². The van der Waals surface area contributed by atoms with E-state index in [1.165, 1.54) is 44.3 Å². The highest BCUT2D eigenvalue weighted by molar-refractivity contribution is 5.81. The largest absolute Gasteiger partial charge is 0.422 e. The maximum Gasteiger partial charge on any atom is 0.341 e. The smallest absolute Gasteiger partial charge is 0.341 e. The number of hydrogen-bond acceptors (Lipinski definition) is 4. The molecule has 4 nitrogen and oxygen atoms in total. The van der Waals surface area contributed by atoms with Crippen molar-refractivity contribution < 1.29 is 4.42 Å². The zero-order valence-electron chi connectivity index (χ0n) is 15.5. The number of hydrogen-bond donors (Lipinski definition) is 0. The second-order valence-corrected chi connectivity index (χ2v) is 8.52. The van der Waals surface area contributed by atoms with Gasteiger partial charge in [0, 0.05) is 44.7 Å². The van der Waals surface area contributed by atoms with Crippen molar-refractivity contribution in [1.29, 1.82) is 0 Å². The lowest BCUT2D eigenvalue weighted by atomic mass is 9.84. The lowest BCUT2D eigenvalue weighted by Gasteiger charge is -2.31. The van der Waals surface area contributed by atoms with Crippen LogP contribution in [0, 0.1) is 11.8 Å². The molecule has 1 aromatic carbocycles. The molecule has 3 aliphatic heterocycles. The Morgan fingerprint density at radius 2 is 1.62 bits per heavy atom. The first-order chi connectivity index (χ1) is 12.8. The van der Waals surface area contributed by atoms with Gasteiger partial charge in [-0.05, 0) is 55.6 Å². The predicted octanol–water partition coefficient (Wildman–Crippen LogP) is 3.27. The lowest BCUT2D eigenvalue weighted by Crippen LogP contribution is -2.40. The SMILES string of the molecule is O=c1oc2ccccc2c2c1CN(CCN1CC3CCC(CC3)C1)CC2. The van der Waals surface area contributed by atoms with E-state index in [9.17, 15) is 4.79 Å². The number of nitrogens with zero attached hydrogens (tertiary/aromatic N) is 2. The van der Waals surface area contributed by atoms with E-state index in [0.29, 0.717) is 0 Å². The molecule has 4 aliphatic rings. The molecule has 138 valence electrons. The molecular weight excluding hydrogens is 324 g/mol. The Hall–Kier alpha value is -1.65. The molecular formula is C22H28N2O2. The highest BCUT2D eigenvalue weighted by atomic mass is 16.4. The minimum absolute atomic E-state index is 0.142. The van der Waals surface area contributed by atoms with Gasteiger partial charge in [0.1, 0.15) is 5.58 Å². The Labute approximate surface area is 154 Å². The van der Waals surface area contributed by atoms with Gasteiger partial charge in [-0.25, -0.2) is 4.79 Å². The Bertz CT molecular complexity index is 837. The van der Waals surface area contributed by atoms with Crippen LogP contribution in [0.1, 0.15) is 36.8 Å². The van der Waals surface area contributed by atoms with E-state index in [1.54, 1.807) is 0 Å². The second-order valence-electron chi connectivity index (χ2n) is 8.52. The highest BCUT2D eigenvalue weighted by Gasteiger charge is 2.29. The molecule has 0 radical (unpaired) electrons. The van der Waals surface area contributed by atoms with Gasteiger partial charge in [0.05, 0.1) is 5.56 Å². The van der Waals surface area contributed by atoms with Crippen LogP contribution in [0.4, 0.5) is 0 Å². The van der Waals surface area contributed by atoms with E-state index < -0.39 is 0 Å². The fraction of sp³-hybridized carbons (Fsp3) is 0.591. The molecule has 0 amide bonds. The van der Waals surface area contributed by atoms with Gasteiger partial charge >= 0.3 is 5.63 Å². The highest BCUT2D eigenvalue weighted by Crippen LogP contribution is 2.33. The van der Waals surface area contributed by atoms with E-state index >= 15 is 0 Å². The summed E-state index contributed by atoms with van der Waals surface area (Å²) >= 11 is 0. The number of fused-ring (bicyclic) bond motifs is 7. The molecule has 2 bridgehead atoms. The molecule has 2 aromatic rings. The monoisotopic (exact) mass is 352 g/mol. The van der Waals surface area contributed by atoms with Crippen molar-refractivity contribution in [2.45, 2.75) is 38.6 Å². The average Bonchev–Trinajstić information content (AvgIpc) is 2.99. The van der Waals surface area contributed by atoms with Crippen LogP contribution in [0.15, 0.2) is 33.5 Å². The first-order valence-electron chi connectivity index (χ1n) is 10.2. The third-order valence-corrected chi connectivity index (χ3v) is 6.82. The molecule has 1 saturated carbocycles. The summed E-state index contributed by atoms with van der Waals surface area (Å²) in [4.78, 5) is 17.6. The van der Waals surface area contributed by atoms with Crippen LogP contribution in [-0.4, -0.2) is 42.5 Å². The summed E-state index contributed by atoms with van der Waals surface area (Å²) in [5.74, 6) is 1.85. The Morgan fingerprint density at radius 3 is 2.38 bits per heavy atom.